The highest BCUT2D eigenvalue weighted by molar-refractivity contribution is 6.28. The van der Waals surface area contributed by atoms with Crippen molar-refractivity contribution in [3.8, 4) is 0 Å². The summed E-state index contributed by atoms with van der Waals surface area (Å²) in [6, 6.07) is 1.91. The molecule has 0 radical (unpaired) electrons. The first-order valence-corrected chi connectivity index (χ1v) is 5.93. The molecule has 0 N–H and O–H groups in total. The Morgan fingerprint density at radius 1 is 1.50 bits per heavy atom. The van der Waals surface area contributed by atoms with Gasteiger partial charge in [-0.2, -0.15) is 0 Å². The molecule has 0 unspecified atom stereocenters. The van der Waals surface area contributed by atoms with Gasteiger partial charge in [0.2, 0.25) is 5.28 Å². The van der Waals surface area contributed by atoms with Gasteiger partial charge in [-0.1, -0.05) is 19.9 Å². The molecule has 0 fully saturated rings. The van der Waals surface area contributed by atoms with Crippen molar-refractivity contribution in [3.05, 3.63) is 29.3 Å². The normalized spacial score (nSPS) is 16.9. The summed E-state index contributed by atoms with van der Waals surface area (Å²) in [5.74, 6) is 0.696. The Bertz CT molecular complexity index is 401. The fourth-order valence-corrected chi connectivity index (χ4v) is 2.11. The number of rotatable bonds is 3. The van der Waals surface area contributed by atoms with E-state index >= 15 is 0 Å². The molecule has 0 spiro atoms. The second-order valence-corrected chi connectivity index (χ2v) is 4.87. The number of hydrogen-bond donors (Lipinski definition) is 0. The Morgan fingerprint density at radius 2 is 2.31 bits per heavy atom. The third kappa shape index (κ3) is 2.80. The zero-order chi connectivity index (χ0) is 11.5. The topological polar surface area (TPSA) is 29.0 Å². The van der Waals surface area contributed by atoms with Crippen molar-refractivity contribution in [3.63, 3.8) is 0 Å². The van der Waals surface area contributed by atoms with Gasteiger partial charge in [-0.15, -0.1) is 0 Å². The lowest BCUT2D eigenvalue weighted by Gasteiger charge is -2.17. The maximum Gasteiger partial charge on any atom is 0.222 e. The van der Waals surface area contributed by atoms with Crippen molar-refractivity contribution >= 4 is 17.2 Å². The molecule has 1 aromatic rings. The van der Waals surface area contributed by atoms with Crippen LogP contribution in [0.4, 0.5) is 0 Å². The van der Waals surface area contributed by atoms with E-state index in [-0.39, 0.29) is 0 Å². The number of aromatic nitrogens is 2. The molecule has 0 bridgehead atoms. The lowest BCUT2D eigenvalue weighted by atomic mass is 10.2. The van der Waals surface area contributed by atoms with Gasteiger partial charge in [-0.3, -0.25) is 4.90 Å². The summed E-state index contributed by atoms with van der Waals surface area (Å²) >= 11 is 5.78. The van der Waals surface area contributed by atoms with E-state index in [2.05, 4.69) is 34.8 Å². The number of nitrogens with zero attached hydrogens (tertiary/aromatic N) is 3. The molecular formula is C12H16ClN3. The maximum atomic E-state index is 5.78. The average Bonchev–Trinajstić information content (AvgIpc) is 2.65. The van der Waals surface area contributed by atoms with Gasteiger partial charge in [0.25, 0.3) is 0 Å². The molecule has 86 valence electrons. The molecule has 0 saturated carbocycles. The van der Waals surface area contributed by atoms with Gasteiger partial charge in [0.1, 0.15) is 0 Å². The van der Waals surface area contributed by atoms with E-state index in [1.54, 1.807) is 6.20 Å². The second kappa shape index (κ2) is 4.93. The van der Waals surface area contributed by atoms with Crippen LogP contribution in [-0.2, 0) is 0 Å². The second-order valence-electron chi connectivity index (χ2n) is 4.53. The van der Waals surface area contributed by atoms with Crippen LogP contribution < -0.4 is 0 Å². The molecule has 3 nitrogen and oxygen atoms in total. The Morgan fingerprint density at radius 3 is 3.00 bits per heavy atom. The predicted molar refractivity (Wildman–Crippen MR) is 66.3 cm³/mol. The quantitative estimate of drug-likeness (QED) is 0.757. The minimum absolute atomic E-state index is 0.320. The molecule has 0 atom stereocenters. The summed E-state index contributed by atoms with van der Waals surface area (Å²) in [7, 11) is 0. The lowest BCUT2D eigenvalue weighted by molar-refractivity contribution is 0.311. The Hall–Kier alpha value is -0.930. The standard InChI is InChI=1S/C12H16ClN3/c1-9(2)7-16-6-4-10(8-16)11-3-5-14-12(13)15-11/h3-5,9H,6-8H2,1-2H3. The van der Waals surface area contributed by atoms with Crippen LogP contribution in [0.1, 0.15) is 19.5 Å². The smallest absolute Gasteiger partial charge is 0.222 e. The van der Waals surface area contributed by atoms with Gasteiger partial charge in [0.15, 0.2) is 0 Å². The van der Waals surface area contributed by atoms with Crippen LogP contribution in [0.15, 0.2) is 18.3 Å². The molecule has 16 heavy (non-hydrogen) atoms. The van der Waals surface area contributed by atoms with Gasteiger partial charge < -0.3 is 0 Å². The van der Waals surface area contributed by atoms with Crippen LogP contribution in [0.5, 0.6) is 0 Å². The van der Waals surface area contributed by atoms with E-state index in [1.165, 1.54) is 5.57 Å². The molecule has 0 amide bonds. The SMILES string of the molecule is CC(C)CN1CC=C(c2ccnc(Cl)n2)C1. The first-order chi connectivity index (χ1) is 7.65. The van der Waals surface area contributed by atoms with Crippen molar-refractivity contribution in [2.75, 3.05) is 19.6 Å². The summed E-state index contributed by atoms with van der Waals surface area (Å²) in [6.07, 6.45) is 3.93. The Kier molecular flexibility index (Phi) is 3.56. The number of hydrogen-bond acceptors (Lipinski definition) is 3. The van der Waals surface area contributed by atoms with Crippen LogP contribution >= 0.6 is 11.6 Å². The highest BCUT2D eigenvalue weighted by Gasteiger charge is 2.17. The van der Waals surface area contributed by atoms with Crippen molar-refractivity contribution in [2.24, 2.45) is 5.92 Å². The van der Waals surface area contributed by atoms with Crippen molar-refractivity contribution in [2.45, 2.75) is 13.8 Å². The van der Waals surface area contributed by atoms with Crippen LogP contribution in [0.3, 0.4) is 0 Å². The summed E-state index contributed by atoms with van der Waals surface area (Å²) in [6.45, 7) is 7.57. The van der Waals surface area contributed by atoms with E-state index in [0.717, 1.165) is 25.3 Å². The third-order valence-electron chi connectivity index (χ3n) is 2.57. The third-order valence-corrected chi connectivity index (χ3v) is 2.75. The first kappa shape index (κ1) is 11.6. The van der Waals surface area contributed by atoms with Crippen molar-refractivity contribution in [1.82, 2.24) is 14.9 Å². The van der Waals surface area contributed by atoms with Crippen LogP contribution in [0.25, 0.3) is 5.57 Å². The highest BCUT2D eigenvalue weighted by Crippen LogP contribution is 2.20. The molecule has 1 aliphatic heterocycles. The molecule has 0 aliphatic carbocycles. The zero-order valence-electron chi connectivity index (χ0n) is 9.65. The lowest BCUT2D eigenvalue weighted by Crippen LogP contribution is -2.25. The minimum Gasteiger partial charge on any atom is -0.295 e. The van der Waals surface area contributed by atoms with Crippen LogP contribution in [0, 0.1) is 5.92 Å². The van der Waals surface area contributed by atoms with Crippen LogP contribution in [0.2, 0.25) is 5.28 Å². The molecule has 1 aromatic heterocycles. The Balaban J connectivity index is 2.03. The van der Waals surface area contributed by atoms with Crippen molar-refractivity contribution < 1.29 is 0 Å². The molecular weight excluding hydrogens is 222 g/mol. The van der Waals surface area contributed by atoms with Gasteiger partial charge in [0.05, 0.1) is 5.69 Å². The van der Waals surface area contributed by atoms with Gasteiger partial charge in [0, 0.05) is 25.8 Å². The number of halogens is 1. The van der Waals surface area contributed by atoms with E-state index in [4.69, 9.17) is 11.6 Å². The van der Waals surface area contributed by atoms with Crippen LogP contribution in [-0.4, -0.2) is 34.5 Å². The molecule has 0 saturated heterocycles. The van der Waals surface area contributed by atoms with E-state index in [1.807, 2.05) is 6.07 Å². The monoisotopic (exact) mass is 237 g/mol. The summed E-state index contributed by atoms with van der Waals surface area (Å²) in [5.41, 5.74) is 2.20. The van der Waals surface area contributed by atoms with Gasteiger partial charge >= 0.3 is 0 Å². The predicted octanol–water partition coefficient (Wildman–Crippen LogP) is 2.49. The summed E-state index contributed by atoms with van der Waals surface area (Å²) in [5, 5.41) is 0.320. The largest absolute Gasteiger partial charge is 0.295 e. The van der Waals surface area contributed by atoms with E-state index in [0.29, 0.717) is 11.2 Å². The minimum atomic E-state index is 0.320. The first-order valence-electron chi connectivity index (χ1n) is 5.55. The molecule has 1 aliphatic rings. The maximum absolute atomic E-state index is 5.78. The summed E-state index contributed by atoms with van der Waals surface area (Å²) in [4.78, 5) is 10.5. The molecule has 2 rings (SSSR count). The summed E-state index contributed by atoms with van der Waals surface area (Å²) < 4.78 is 0. The molecule has 0 aromatic carbocycles. The van der Waals surface area contributed by atoms with Gasteiger partial charge in [-0.05, 0) is 29.2 Å². The van der Waals surface area contributed by atoms with Crippen molar-refractivity contribution in [1.29, 1.82) is 0 Å². The molecule has 4 heteroatoms. The Labute approximate surface area is 101 Å². The average molecular weight is 238 g/mol. The fourth-order valence-electron chi connectivity index (χ4n) is 1.96. The fraction of sp³-hybridized carbons (Fsp3) is 0.500. The zero-order valence-corrected chi connectivity index (χ0v) is 10.4. The highest BCUT2D eigenvalue weighted by atomic mass is 35.5. The van der Waals surface area contributed by atoms with E-state index in [9.17, 15) is 0 Å². The molecule has 2 heterocycles. The van der Waals surface area contributed by atoms with Gasteiger partial charge in [-0.25, -0.2) is 9.97 Å². The van der Waals surface area contributed by atoms with E-state index < -0.39 is 0 Å².